The average Bonchev–Trinajstić information content (AvgIpc) is 2.12. The first-order valence-corrected chi connectivity index (χ1v) is 5.34. The van der Waals surface area contributed by atoms with Crippen molar-refractivity contribution in [3.63, 3.8) is 0 Å². The predicted molar refractivity (Wildman–Crippen MR) is 64.2 cm³/mol. The van der Waals surface area contributed by atoms with Crippen LogP contribution in [-0.2, 0) is 0 Å². The third kappa shape index (κ3) is 1.65. The van der Waals surface area contributed by atoms with Crippen molar-refractivity contribution in [2.45, 2.75) is 6.92 Å². The Morgan fingerprint density at radius 2 is 2.15 bits per heavy atom. The van der Waals surface area contributed by atoms with E-state index >= 15 is 0 Å². The Balaban J connectivity index is 2.89. The minimum atomic E-state index is 0.809. The van der Waals surface area contributed by atoms with E-state index in [0.29, 0.717) is 0 Å². The van der Waals surface area contributed by atoms with E-state index in [1.165, 1.54) is 3.57 Å². The van der Waals surface area contributed by atoms with Crippen LogP contribution in [0.3, 0.4) is 0 Å². The van der Waals surface area contributed by atoms with E-state index in [9.17, 15) is 0 Å². The zero-order valence-electron chi connectivity index (χ0n) is 7.01. The second-order valence-electron chi connectivity index (χ2n) is 2.92. The van der Waals surface area contributed by atoms with Gasteiger partial charge in [0, 0.05) is 15.2 Å². The van der Waals surface area contributed by atoms with Gasteiger partial charge in [-0.25, -0.2) is 0 Å². The molecular formula is C10H7ClIN. The topological polar surface area (TPSA) is 12.9 Å². The summed E-state index contributed by atoms with van der Waals surface area (Å²) in [6.45, 7) is 1.97. The van der Waals surface area contributed by atoms with Crippen LogP contribution in [-0.4, -0.2) is 4.98 Å². The summed E-state index contributed by atoms with van der Waals surface area (Å²) >= 11 is 8.42. The minimum absolute atomic E-state index is 0.809. The number of pyridine rings is 1. The summed E-state index contributed by atoms with van der Waals surface area (Å²) in [6.07, 6.45) is 1.80. The van der Waals surface area contributed by atoms with Crippen molar-refractivity contribution in [2.75, 3.05) is 0 Å². The Kier molecular flexibility index (Phi) is 2.43. The molecule has 1 nitrogen and oxygen atoms in total. The average molecular weight is 304 g/mol. The fraction of sp³-hybridized carbons (Fsp3) is 0.100. The highest BCUT2D eigenvalue weighted by atomic mass is 127. The summed E-state index contributed by atoms with van der Waals surface area (Å²) in [5.41, 5.74) is 1.98. The van der Waals surface area contributed by atoms with Gasteiger partial charge in [0.05, 0.1) is 10.5 Å². The lowest BCUT2D eigenvalue weighted by molar-refractivity contribution is 1.33. The highest BCUT2D eigenvalue weighted by Crippen LogP contribution is 2.26. The Bertz CT molecular complexity index is 462. The molecule has 0 aliphatic carbocycles. The Morgan fingerprint density at radius 1 is 1.38 bits per heavy atom. The molecule has 2 aromatic rings. The van der Waals surface area contributed by atoms with Crippen molar-refractivity contribution in [1.82, 2.24) is 4.98 Å². The predicted octanol–water partition coefficient (Wildman–Crippen LogP) is 3.80. The summed E-state index contributed by atoms with van der Waals surface area (Å²) in [5, 5.41) is 1.84. The van der Waals surface area contributed by atoms with E-state index in [2.05, 4.69) is 33.6 Å². The molecule has 0 amide bonds. The van der Waals surface area contributed by atoms with Crippen molar-refractivity contribution in [2.24, 2.45) is 0 Å². The zero-order chi connectivity index (χ0) is 9.42. The largest absolute Gasteiger partial charge is 0.256 e. The first-order valence-electron chi connectivity index (χ1n) is 3.89. The fourth-order valence-corrected chi connectivity index (χ4v) is 1.92. The fourth-order valence-electron chi connectivity index (χ4n) is 1.23. The number of fused-ring (bicyclic) bond motifs is 1. The van der Waals surface area contributed by atoms with Crippen LogP contribution in [0.5, 0.6) is 0 Å². The van der Waals surface area contributed by atoms with Gasteiger partial charge in [-0.2, -0.15) is 0 Å². The molecule has 1 aromatic carbocycles. The van der Waals surface area contributed by atoms with Gasteiger partial charge >= 0.3 is 0 Å². The van der Waals surface area contributed by atoms with E-state index in [1.807, 2.05) is 19.1 Å². The lowest BCUT2D eigenvalue weighted by Crippen LogP contribution is -1.84. The van der Waals surface area contributed by atoms with Crippen LogP contribution in [0.25, 0.3) is 10.9 Å². The van der Waals surface area contributed by atoms with Crippen molar-refractivity contribution in [1.29, 1.82) is 0 Å². The molecule has 0 spiro atoms. The molecule has 13 heavy (non-hydrogen) atoms. The molecule has 0 aliphatic heterocycles. The SMILES string of the molecule is Cc1cnc2ccc(I)cc2c1Cl. The number of aryl methyl sites for hydroxylation is 1. The van der Waals surface area contributed by atoms with Gasteiger partial charge in [0.15, 0.2) is 0 Å². The van der Waals surface area contributed by atoms with Crippen LogP contribution >= 0.6 is 34.2 Å². The second kappa shape index (κ2) is 3.42. The molecule has 1 heterocycles. The molecule has 3 heteroatoms. The first-order chi connectivity index (χ1) is 6.18. The van der Waals surface area contributed by atoms with E-state index < -0.39 is 0 Å². The summed E-state index contributed by atoms with van der Waals surface area (Å²) in [5.74, 6) is 0. The van der Waals surface area contributed by atoms with Crippen molar-refractivity contribution < 1.29 is 0 Å². The van der Waals surface area contributed by atoms with E-state index in [4.69, 9.17) is 11.6 Å². The van der Waals surface area contributed by atoms with Gasteiger partial charge in [0.25, 0.3) is 0 Å². The van der Waals surface area contributed by atoms with Crippen LogP contribution in [0.1, 0.15) is 5.56 Å². The van der Waals surface area contributed by atoms with Crippen LogP contribution in [0.4, 0.5) is 0 Å². The number of hydrogen-bond donors (Lipinski definition) is 0. The van der Waals surface area contributed by atoms with Gasteiger partial charge in [-0.3, -0.25) is 4.98 Å². The van der Waals surface area contributed by atoms with Gasteiger partial charge < -0.3 is 0 Å². The molecule has 0 N–H and O–H groups in total. The van der Waals surface area contributed by atoms with Crippen LogP contribution in [0, 0.1) is 10.5 Å². The molecule has 0 saturated carbocycles. The zero-order valence-corrected chi connectivity index (χ0v) is 9.93. The number of aromatic nitrogens is 1. The molecule has 0 atom stereocenters. The van der Waals surface area contributed by atoms with Crippen LogP contribution in [0.2, 0.25) is 5.02 Å². The third-order valence-electron chi connectivity index (χ3n) is 1.94. The van der Waals surface area contributed by atoms with Gasteiger partial charge in [0.2, 0.25) is 0 Å². The van der Waals surface area contributed by atoms with E-state index in [1.54, 1.807) is 6.20 Å². The molecular weight excluding hydrogens is 296 g/mol. The van der Waals surface area contributed by atoms with Crippen molar-refractivity contribution >= 4 is 45.1 Å². The van der Waals surface area contributed by atoms with Gasteiger partial charge in [0.1, 0.15) is 0 Å². The standard InChI is InChI=1S/C10H7ClIN/c1-6-5-13-9-3-2-7(12)4-8(9)10(6)11/h2-5H,1H3. The molecule has 0 unspecified atom stereocenters. The lowest BCUT2D eigenvalue weighted by atomic mass is 10.2. The highest BCUT2D eigenvalue weighted by Gasteiger charge is 2.03. The normalized spacial score (nSPS) is 10.7. The molecule has 66 valence electrons. The molecule has 0 bridgehead atoms. The van der Waals surface area contributed by atoms with Gasteiger partial charge in [-0.15, -0.1) is 0 Å². The molecule has 1 aromatic heterocycles. The number of hydrogen-bond acceptors (Lipinski definition) is 1. The number of halogens is 2. The van der Waals surface area contributed by atoms with Crippen LogP contribution < -0.4 is 0 Å². The molecule has 0 aliphatic rings. The maximum absolute atomic E-state index is 6.15. The van der Waals surface area contributed by atoms with Crippen molar-refractivity contribution in [3.8, 4) is 0 Å². The quantitative estimate of drug-likeness (QED) is 0.675. The highest BCUT2D eigenvalue weighted by molar-refractivity contribution is 14.1. The first kappa shape index (κ1) is 9.21. The molecule has 0 saturated heterocycles. The molecule has 2 rings (SSSR count). The Morgan fingerprint density at radius 3 is 2.92 bits per heavy atom. The number of nitrogens with zero attached hydrogens (tertiary/aromatic N) is 1. The number of rotatable bonds is 0. The maximum Gasteiger partial charge on any atom is 0.0717 e. The molecule has 0 radical (unpaired) electrons. The summed E-state index contributed by atoms with van der Waals surface area (Å²) in [4.78, 5) is 4.29. The van der Waals surface area contributed by atoms with Crippen molar-refractivity contribution in [3.05, 3.63) is 38.6 Å². The Hall–Kier alpha value is -0.350. The Labute approximate surface area is 95.3 Å². The van der Waals surface area contributed by atoms with Crippen LogP contribution in [0.15, 0.2) is 24.4 Å². The lowest BCUT2D eigenvalue weighted by Gasteiger charge is -2.02. The van der Waals surface area contributed by atoms with E-state index in [-0.39, 0.29) is 0 Å². The summed E-state index contributed by atoms with van der Waals surface area (Å²) in [6, 6.07) is 6.07. The van der Waals surface area contributed by atoms with E-state index in [0.717, 1.165) is 21.5 Å². The van der Waals surface area contributed by atoms with Gasteiger partial charge in [-0.1, -0.05) is 11.6 Å². The maximum atomic E-state index is 6.15. The summed E-state index contributed by atoms with van der Waals surface area (Å²) < 4.78 is 1.18. The molecule has 0 fully saturated rings. The smallest absolute Gasteiger partial charge is 0.0717 e. The summed E-state index contributed by atoms with van der Waals surface area (Å²) in [7, 11) is 0. The number of benzene rings is 1. The third-order valence-corrected chi connectivity index (χ3v) is 3.11. The monoisotopic (exact) mass is 303 g/mol. The minimum Gasteiger partial charge on any atom is -0.256 e. The van der Waals surface area contributed by atoms with Gasteiger partial charge in [-0.05, 0) is 53.3 Å². The second-order valence-corrected chi connectivity index (χ2v) is 4.54.